The van der Waals surface area contributed by atoms with Crippen molar-refractivity contribution < 1.29 is 4.79 Å². The first-order valence-electron chi connectivity index (χ1n) is 5.31. The summed E-state index contributed by atoms with van der Waals surface area (Å²) in [4.78, 5) is 14.8. The number of rotatable bonds is 2. The molecule has 2 rings (SSSR count). The minimum atomic E-state index is 0.194. The van der Waals surface area contributed by atoms with E-state index in [0.29, 0.717) is 6.04 Å². The van der Waals surface area contributed by atoms with Crippen LogP contribution in [0.2, 0.25) is 0 Å². The molecule has 4 heteroatoms. The number of hydrogen-bond acceptors (Lipinski definition) is 3. The fourth-order valence-corrected chi connectivity index (χ4v) is 2.62. The highest BCUT2D eigenvalue weighted by Crippen LogP contribution is 2.16. The van der Waals surface area contributed by atoms with Crippen molar-refractivity contribution in [2.75, 3.05) is 20.1 Å². The monoisotopic (exact) mass is 224 g/mol. The number of carbonyl (C=O) groups is 1. The van der Waals surface area contributed by atoms with Crippen molar-refractivity contribution >= 4 is 17.2 Å². The molecule has 1 aliphatic heterocycles. The molecule has 1 aromatic heterocycles. The summed E-state index contributed by atoms with van der Waals surface area (Å²) >= 11 is 1.52. The maximum absolute atomic E-state index is 12.0. The third-order valence-electron chi connectivity index (χ3n) is 2.92. The zero-order chi connectivity index (χ0) is 10.7. The molecule has 0 saturated carbocycles. The predicted octanol–water partition coefficient (Wildman–Crippen LogP) is 1.57. The van der Waals surface area contributed by atoms with Gasteiger partial charge < -0.3 is 10.2 Å². The molecule has 0 atom stereocenters. The number of hydrogen-bond donors (Lipinski definition) is 1. The Bertz CT molecular complexity index is 315. The van der Waals surface area contributed by atoms with Crippen molar-refractivity contribution in [3.63, 3.8) is 0 Å². The topological polar surface area (TPSA) is 32.3 Å². The fourth-order valence-electron chi connectivity index (χ4n) is 1.93. The van der Waals surface area contributed by atoms with Gasteiger partial charge in [-0.1, -0.05) is 6.07 Å². The Kier molecular flexibility index (Phi) is 3.38. The lowest BCUT2D eigenvalue weighted by atomic mass is 10.1. The molecule has 15 heavy (non-hydrogen) atoms. The molecule has 3 nitrogen and oxygen atoms in total. The second-order valence-electron chi connectivity index (χ2n) is 3.83. The van der Waals surface area contributed by atoms with Crippen molar-refractivity contribution in [2.45, 2.75) is 18.9 Å². The highest BCUT2D eigenvalue weighted by molar-refractivity contribution is 7.12. The number of likely N-dealkylation sites (tertiary alicyclic amines) is 1. The number of piperidine rings is 1. The summed E-state index contributed by atoms with van der Waals surface area (Å²) in [6.07, 6.45) is 2.13. The van der Waals surface area contributed by atoms with Crippen LogP contribution in [0.4, 0.5) is 0 Å². The summed E-state index contributed by atoms with van der Waals surface area (Å²) in [7, 11) is 1.99. The van der Waals surface area contributed by atoms with E-state index in [1.165, 1.54) is 11.3 Å². The summed E-state index contributed by atoms with van der Waals surface area (Å²) in [5, 5.41) is 5.21. The third kappa shape index (κ3) is 2.38. The SMILES string of the molecule is CNC1CCN(C(=O)c2cccs2)CC1. The number of nitrogens with one attached hydrogen (secondary N) is 1. The summed E-state index contributed by atoms with van der Waals surface area (Å²) in [6.45, 7) is 1.75. The van der Waals surface area contributed by atoms with Crippen molar-refractivity contribution in [1.29, 1.82) is 0 Å². The minimum absolute atomic E-state index is 0.194. The summed E-state index contributed by atoms with van der Waals surface area (Å²) in [6, 6.07) is 4.41. The van der Waals surface area contributed by atoms with Gasteiger partial charge in [0.1, 0.15) is 0 Å². The molecule has 0 aromatic carbocycles. The maximum Gasteiger partial charge on any atom is 0.263 e. The summed E-state index contributed by atoms with van der Waals surface area (Å²) in [5.74, 6) is 0.194. The quantitative estimate of drug-likeness (QED) is 0.827. The van der Waals surface area contributed by atoms with Gasteiger partial charge in [0.05, 0.1) is 4.88 Å². The van der Waals surface area contributed by atoms with Crippen LogP contribution in [0.1, 0.15) is 22.5 Å². The van der Waals surface area contributed by atoms with Gasteiger partial charge in [0.25, 0.3) is 5.91 Å². The van der Waals surface area contributed by atoms with Gasteiger partial charge in [0.2, 0.25) is 0 Å². The molecule has 1 aliphatic rings. The molecule has 0 radical (unpaired) electrons. The van der Waals surface area contributed by atoms with Gasteiger partial charge in [0, 0.05) is 19.1 Å². The van der Waals surface area contributed by atoms with Crippen molar-refractivity contribution in [2.24, 2.45) is 0 Å². The molecule has 0 aliphatic carbocycles. The molecule has 1 aromatic rings. The Morgan fingerprint density at radius 3 is 2.80 bits per heavy atom. The number of nitrogens with zero attached hydrogens (tertiary/aromatic N) is 1. The van der Waals surface area contributed by atoms with Crippen LogP contribution in [-0.4, -0.2) is 37.0 Å². The largest absolute Gasteiger partial charge is 0.338 e. The van der Waals surface area contributed by atoms with E-state index in [0.717, 1.165) is 30.8 Å². The second-order valence-corrected chi connectivity index (χ2v) is 4.78. The summed E-state index contributed by atoms with van der Waals surface area (Å²) < 4.78 is 0. The van der Waals surface area contributed by atoms with E-state index >= 15 is 0 Å². The van der Waals surface area contributed by atoms with Gasteiger partial charge in [-0.15, -0.1) is 11.3 Å². The highest BCUT2D eigenvalue weighted by atomic mass is 32.1. The van der Waals surface area contributed by atoms with Crippen LogP contribution in [0.3, 0.4) is 0 Å². The van der Waals surface area contributed by atoms with Gasteiger partial charge in [-0.05, 0) is 31.3 Å². The lowest BCUT2D eigenvalue weighted by molar-refractivity contribution is 0.0712. The van der Waals surface area contributed by atoms with Crippen molar-refractivity contribution in [3.05, 3.63) is 22.4 Å². The van der Waals surface area contributed by atoms with Crippen LogP contribution >= 0.6 is 11.3 Å². The van der Waals surface area contributed by atoms with Crippen LogP contribution in [0, 0.1) is 0 Å². The average Bonchev–Trinajstić information content (AvgIpc) is 2.82. The lowest BCUT2D eigenvalue weighted by Crippen LogP contribution is -2.43. The van der Waals surface area contributed by atoms with Crippen molar-refractivity contribution in [1.82, 2.24) is 10.2 Å². The highest BCUT2D eigenvalue weighted by Gasteiger charge is 2.22. The molecule has 0 unspecified atom stereocenters. The smallest absolute Gasteiger partial charge is 0.263 e. The van der Waals surface area contributed by atoms with Crippen LogP contribution in [0.25, 0.3) is 0 Å². The first-order chi connectivity index (χ1) is 7.31. The second kappa shape index (κ2) is 4.77. The Labute approximate surface area is 94.1 Å². The van der Waals surface area contributed by atoms with E-state index in [1.54, 1.807) is 0 Å². The molecule has 0 spiro atoms. The minimum Gasteiger partial charge on any atom is -0.338 e. The molecule has 1 amide bonds. The van der Waals surface area contributed by atoms with Crippen LogP contribution in [-0.2, 0) is 0 Å². The van der Waals surface area contributed by atoms with Gasteiger partial charge in [-0.3, -0.25) is 4.79 Å². The van der Waals surface area contributed by atoms with Gasteiger partial charge in [-0.2, -0.15) is 0 Å². The predicted molar refractivity (Wildman–Crippen MR) is 62.3 cm³/mol. The first-order valence-corrected chi connectivity index (χ1v) is 6.19. The van der Waals surface area contributed by atoms with E-state index in [-0.39, 0.29) is 5.91 Å². The maximum atomic E-state index is 12.0. The fraction of sp³-hybridized carbons (Fsp3) is 0.545. The van der Waals surface area contributed by atoms with E-state index in [1.807, 2.05) is 29.5 Å². The standard InChI is InChI=1S/C11H16N2OS/c1-12-9-4-6-13(7-5-9)11(14)10-3-2-8-15-10/h2-3,8-9,12H,4-7H2,1H3. The van der Waals surface area contributed by atoms with Crippen LogP contribution < -0.4 is 5.32 Å². The zero-order valence-corrected chi connectivity index (χ0v) is 9.72. The zero-order valence-electron chi connectivity index (χ0n) is 8.90. The summed E-state index contributed by atoms with van der Waals surface area (Å²) in [5.41, 5.74) is 0. The molecular weight excluding hydrogens is 208 g/mol. The van der Waals surface area contributed by atoms with Crippen molar-refractivity contribution in [3.8, 4) is 0 Å². The van der Waals surface area contributed by atoms with E-state index in [9.17, 15) is 4.79 Å². The van der Waals surface area contributed by atoms with E-state index < -0.39 is 0 Å². The Morgan fingerprint density at radius 1 is 1.53 bits per heavy atom. The number of thiophene rings is 1. The molecule has 0 bridgehead atoms. The molecule has 1 fully saturated rings. The molecule has 1 N–H and O–H groups in total. The Balaban J connectivity index is 1.93. The average molecular weight is 224 g/mol. The van der Waals surface area contributed by atoms with Gasteiger partial charge in [0.15, 0.2) is 0 Å². The third-order valence-corrected chi connectivity index (χ3v) is 3.78. The van der Waals surface area contributed by atoms with E-state index in [4.69, 9.17) is 0 Å². The Morgan fingerprint density at radius 2 is 2.27 bits per heavy atom. The molecular formula is C11H16N2OS. The van der Waals surface area contributed by atoms with Gasteiger partial charge in [-0.25, -0.2) is 0 Å². The normalized spacial score (nSPS) is 18.1. The number of carbonyl (C=O) groups excluding carboxylic acids is 1. The Hall–Kier alpha value is -0.870. The van der Waals surface area contributed by atoms with Gasteiger partial charge >= 0.3 is 0 Å². The molecule has 1 saturated heterocycles. The molecule has 2 heterocycles. The number of amides is 1. The van der Waals surface area contributed by atoms with E-state index in [2.05, 4.69) is 5.32 Å². The lowest BCUT2D eigenvalue weighted by Gasteiger charge is -2.31. The molecule has 82 valence electrons. The first kappa shape index (κ1) is 10.6. The van der Waals surface area contributed by atoms with Crippen LogP contribution in [0.5, 0.6) is 0 Å². The van der Waals surface area contributed by atoms with Crippen LogP contribution in [0.15, 0.2) is 17.5 Å².